The van der Waals surface area contributed by atoms with Crippen LogP contribution in [-0.4, -0.2) is 13.2 Å². The summed E-state index contributed by atoms with van der Waals surface area (Å²) in [6.45, 7) is 1.23. The van der Waals surface area contributed by atoms with Gasteiger partial charge in [0.1, 0.15) is 13.2 Å². The number of hydrogen-bond acceptors (Lipinski definition) is 2. The molecule has 1 atom stereocenters. The summed E-state index contributed by atoms with van der Waals surface area (Å²) < 4.78 is 12.1. The molecular weight excluding hydrogens is 291 g/mol. The Morgan fingerprint density at radius 3 is 2.44 bits per heavy atom. The number of ether oxygens (including phenoxy) is 2. The van der Waals surface area contributed by atoms with E-state index >= 15 is 0 Å². The largest absolute Gasteiger partial charge is 0.486 e. The van der Waals surface area contributed by atoms with Crippen LogP contribution in [0.5, 0.6) is 11.5 Å². The van der Waals surface area contributed by atoms with Gasteiger partial charge in [0.25, 0.3) is 0 Å². The molecule has 86 valence electrons. The number of alkyl halides is 1. The van der Waals surface area contributed by atoms with Crippen LogP contribution >= 0.6 is 27.5 Å². The topological polar surface area (TPSA) is 18.5 Å². The lowest BCUT2D eigenvalue weighted by Gasteiger charge is -2.21. The van der Waals surface area contributed by atoms with Gasteiger partial charge in [0.05, 0.1) is 5.38 Å². The van der Waals surface area contributed by atoms with Crippen LogP contribution in [0.15, 0.2) is 16.6 Å². The molecule has 1 aliphatic heterocycles. The Labute approximate surface area is 108 Å². The van der Waals surface area contributed by atoms with Crippen molar-refractivity contribution in [1.29, 1.82) is 0 Å². The highest BCUT2D eigenvalue weighted by Gasteiger charge is 2.32. The second kappa shape index (κ2) is 4.11. The molecule has 0 N–H and O–H groups in total. The summed E-state index contributed by atoms with van der Waals surface area (Å²) in [5.74, 6) is 2.25. The first-order valence-electron chi connectivity index (χ1n) is 5.49. The van der Waals surface area contributed by atoms with Crippen LogP contribution in [0.2, 0.25) is 0 Å². The standard InChI is InChI=1S/C12H12BrClO2/c13-9-6-11-10(15-3-4-16-11)5-8(9)12(14)7-1-2-7/h5-7,12H,1-4H2. The third-order valence-corrected chi connectivity index (χ3v) is 4.27. The fourth-order valence-electron chi connectivity index (χ4n) is 1.93. The molecule has 1 aromatic carbocycles. The highest BCUT2D eigenvalue weighted by atomic mass is 79.9. The van der Waals surface area contributed by atoms with Crippen LogP contribution < -0.4 is 9.47 Å². The van der Waals surface area contributed by atoms with E-state index in [0.717, 1.165) is 21.5 Å². The van der Waals surface area contributed by atoms with E-state index in [1.54, 1.807) is 0 Å². The Balaban J connectivity index is 1.97. The van der Waals surface area contributed by atoms with E-state index in [-0.39, 0.29) is 5.38 Å². The SMILES string of the molecule is ClC(c1cc2c(cc1Br)OCCO2)C1CC1. The summed E-state index contributed by atoms with van der Waals surface area (Å²) in [5, 5.41) is 0.0881. The highest BCUT2D eigenvalue weighted by Crippen LogP contribution is 2.49. The first-order chi connectivity index (χ1) is 7.75. The molecule has 4 heteroatoms. The van der Waals surface area contributed by atoms with Gasteiger partial charge in [-0.05, 0) is 36.5 Å². The van der Waals surface area contributed by atoms with Crippen molar-refractivity contribution >= 4 is 27.5 Å². The molecule has 1 saturated carbocycles. The van der Waals surface area contributed by atoms with E-state index in [9.17, 15) is 0 Å². The van der Waals surface area contributed by atoms with Crippen molar-refractivity contribution in [1.82, 2.24) is 0 Å². The Hall–Kier alpha value is -0.410. The zero-order chi connectivity index (χ0) is 11.1. The molecule has 16 heavy (non-hydrogen) atoms. The predicted octanol–water partition coefficient (Wildman–Crippen LogP) is 3.91. The molecule has 3 rings (SSSR count). The third-order valence-electron chi connectivity index (χ3n) is 2.99. The van der Waals surface area contributed by atoms with Crippen LogP contribution in [0.4, 0.5) is 0 Å². The smallest absolute Gasteiger partial charge is 0.162 e. The minimum absolute atomic E-state index is 0.0881. The first kappa shape index (κ1) is 10.7. The number of benzene rings is 1. The van der Waals surface area contributed by atoms with Crippen molar-refractivity contribution in [2.45, 2.75) is 18.2 Å². The average Bonchev–Trinajstić information content (AvgIpc) is 3.11. The molecule has 1 aliphatic carbocycles. The van der Waals surface area contributed by atoms with E-state index in [1.165, 1.54) is 12.8 Å². The fourth-order valence-corrected chi connectivity index (χ4v) is 3.07. The van der Waals surface area contributed by atoms with Gasteiger partial charge in [-0.3, -0.25) is 0 Å². The molecule has 0 aromatic heterocycles. The van der Waals surface area contributed by atoms with Crippen LogP contribution in [0.3, 0.4) is 0 Å². The number of fused-ring (bicyclic) bond motifs is 1. The van der Waals surface area contributed by atoms with Gasteiger partial charge in [-0.2, -0.15) is 0 Å². The Morgan fingerprint density at radius 1 is 1.19 bits per heavy atom. The Morgan fingerprint density at radius 2 is 1.81 bits per heavy atom. The minimum Gasteiger partial charge on any atom is -0.486 e. The van der Waals surface area contributed by atoms with Crippen LogP contribution in [0.25, 0.3) is 0 Å². The number of hydrogen-bond donors (Lipinski definition) is 0. The molecule has 0 amide bonds. The fraction of sp³-hybridized carbons (Fsp3) is 0.500. The molecule has 0 spiro atoms. The monoisotopic (exact) mass is 302 g/mol. The first-order valence-corrected chi connectivity index (χ1v) is 6.72. The van der Waals surface area contributed by atoms with Gasteiger partial charge in [0, 0.05) is 4.47 Å². The van der Waals surface area contributed by atoms with Gasteiger partial charge in [-0.25, -0.2) is 0 Å². The predicted molar refractivity (Wildman–Crippen MR) is 66.5 cm³/mol. The second-order valence-corrected chi connectivity index (χ2v) is 5.58. The van der Waals surface area contributed by atoms with E-state index < -0.39 is 0 Å². The van der Waals surface area contributed by atoms with Crippen molar-refractivity contribution < 1.29 is 9.47 Å². The van der Waals surface area contributed by atoms with Gasteiger partial charge >= 0.3 is 0 Å². The van der Waals surface area contributed by atoms with E-state index in [2.05, 4.69) is 15.9 Å². The lowest BCUT2D eigenvalue weighted by molar-refractivity contribution is 0.171. The van der Waals surface area contributed by atoms with E-state index in [4.69, 9.17) is 21.1 Å². The summed E-state index contributed by atoms with van der Waals surface area (Å²) in [5.41, 5.74) is 1.12. The molecule has 2 nitrogen and oxygen atoms in total. The normalized spacial score (nSPS) is 20.6. The molecule has 0 radical (unpaired) electrons. The van der Waals surface area contributed by atoms with Gasteiger partial charge in [0.2, 0.25) is 0 Å². The summed E-state index contributed by atoms with van der Waals surface area (Å²) in [6, 6.07) is 3.97. The molecule has 0 saturated heterocycles. The zero-order valence-electron chi connectivity index (χ0n) is 8.71. The molecule has 1 fully saturated rings. The third kappa shape index (κ3) is 1.91. The van der Waals surface area contributed by atoms with Crippen molar-refractivity contribution in [3.8, 4) is 11.5 Å². The maximum absolute atomic E-state index is 6.43. The summed E-state index contributed by atoms with van der Waals surface area (Å²) in [7, 11) is 0. The van der Waals surface area contributed by atoms with E-state index in [0.29, 0.717) is 19.1 Å². The molecule has 1 heterocycles. The summed E-state index contributed by atoms with van der Waals surface area (Å²) in [4.78, 5) is 0. The maximum Gasteiger partial charge on any atom is 0.162 e. The van der Waals surface area contributed by atoms with Gasteiger partial charge in [-0.1, -0.05) is 15.9 Å². The van der Waals surface area contributed by atoms with Gasteiger partial charge in [-0.15, -0.1) is 11.6 Å². The van der Waals surface area contributed by atoms with Crippen LogP contribution in [-0.2, 0) is 0 Å². The molecule has 2 aliphatic rings. The second-order valence-electron chi connectivity index (χ2n) is 4.26. The summed E-state index contributed by atoms with van der Waals surface area (Å²) >= 11 is 9.98. The molecular formula is C12H12BrClO2. The van der Waals surface area contributed by atoms with Crippen molar-refractivity contribution in [3.63, 3.8) is 0 Å². The quantitative estimate of drug-likeness (QED) is 0.771. The molecule has 0 bridgehead atoms. The van der Waals surface area contributed by atoms with Crippen LogP contribution in [0, 0.1) is 5.92 Å². The lowest BCUT2D eigenvalue weighted by atomic mass is 10.1. The van der Waals surface area contributed by atoms with Crippen LogP contribution in [0.1, 0.15) is 23.8 Å². The lowest BCUT2D eigenvalue weighted by Crippen LogP contribution is -2.15. The average molecular weight is 304 g/mol. The van der Waals surface area contributed by atoms with Crippen molar-refractivity contribution in [2.75, 3.05) is 13.2 Å². The highest BCUT2D eigenvalue weighted by molar-refractivity contribution is 9.10. The Kier molecular flexibility index (Phi) is 2.76. The Bertz CT molecular complexity index is 418. The number of halogens is 2. The van der Waals surface area contributed by atoms with Crippen molar-refractivity contribution in [2.24, 2.45) is 5.92 Å². The zero-order valence-corrected chi connectivity index (χ0v) is 11.1. The molecule has 1 aromatic rings. The summed E-state index contributed by atoms with van der Waals surface area (Å²) in [6.07, 6.45) is 2.46. The minimum atomic E-state index is 0.0881. The van der Waals surface area contributed by atoms with Crippen molar-refractivity contribution in [3.05, 3.63) is 22.2 Å². The van der Waals surface area contributed by atoms with E-state index in [1.807, 2.05) is 12.1 Å². The maximum atomic E-state index is 6.43. The van der Waals surface area contributed by atoms with Gasteiger partial charge in [0.15, 0.2) is 11.5 Å². The van der Waals surface area contributed by atoms with Gasteiger partial charge < -0.3 is 9.47 Å². The number of rotatable bonds is 2. The molecule has 1 unspecified atom stereocenters.